The Kier molecular flexibility index (Phi) is 11.6. The lowest BCUT2D eigenvalue weighted by atomic mass is 9.58. The maximum atomic E-state index is 14.8. The highest BCUT2D eigenvalue weighted by Crippen LogP contribution is 2.64. The van der Waals surface area contributed by atoms with Crippen LogP contribution in [0.4, 0.5) is 0 Å². The van der Waals surface area contributed by atoms with Crippen molar-refractivity contribution >= 4 is 17.9 Å². The Morgan fingerprint density at radius 3 is 1.09 bits per heavy atom. The molecule has 0 aromatic carbocycles. The molecule has 3 aliphatic carbocycles. The van der Waals surface area contributed by atoms with Crippen LogP contribution in [0.1, 0.15) is 152 Å². The molecule has 12 saturated heterocycles. The number of esters is 3. The van der Waals surface area contributed by atoms with Crippen LogP contribution < -0.4 is 0 Å². The van der Waals surface area contributed by atoms with Gasteiger partial charge in [0.1, 0.15) is 0 Å². The van der Waals surface area contributed by atoms with Gasteiger partial charge in [-0.25, -0.2) is 29.3 Å². The second-order valence-electron chi connectivity index (χ2n) is 24.3. The van der Waals surface area contributed by atoms with Crippen LogP contribution in [-0.4, -0.2) is 89.8 Å². The zero-order valence-electron chi connectivity index (χ0n) is 41.7. The predicted octanol–water partition coefficient (Wildman–Crippen LogP) is 7.64. The Balaban J connectivity index is 0.792. The summed E-state index contributed by atoms with van der Waals surface area (Å²) in [6, 6.07) is 0. The van der Waals surface area contributed by atoms with Crippen molar-refractivity contribution in [3.05, 3.63) is 0 Å². The van der Waals surface area contributed by atoms with Gasteiger partial charge in [0.05, 0.1) is 18.8 Å². The molecule has 18 heteroatoms. The van der Waals surface area contributed by atoms with Gasteiger partial charge in [0.15, 0.2) is 35.7 Å². The van der Waals surface area contributed by atoms with Gasteiger partial charge in [0, 0.05) is 54.8 Å². The topological polar surface area (TPSA) is 190 Å². The number of fused-ring (bicyclic) bond motifs is 6. The molecular formula is C51H74O18. The lowest BCUT2D eigenvalue weighted by molar-refractivity contribution is -0.576. The van der Waals surface area contributed by atoms with E-state index in [0.717, 1.165) is 57.8 Å². The van der Waals surface area contributed by atoms with Gasteiger partial charge < -0.3 is 42.6 Å². The van der Waals surface area contributed by atoms with Crippen LogP contribution in [0.15, 0.2) is 0 Å². The average molecular weight is 975 g/mol. The van der Waals surface area contributed by atoms with Gasteiger partial charge in [0.2, 0.25) is 36.2 Å². The van der Waals surface area contributed by atoms with Crippen molar-refractivity contribution in [1.29, 1.82) is 0 Å². The van der Waals surface area contributed by atoms with Gasteiger partial charge in [-0.15, -0.1) is 0 Å². The first kappa shape index (κ1) is 47.9. The van der Waals surface area contributed by atoms with Crippen LogP contribution in [0, 0.1) is 76.9 Å². The number of hydrogen-bond acceptors (Lipinski definition) is 18. The smallest absolute Gasteiger partial charge is 0.312 e. The Morgan fingerprint density at radius 2 is 0.754 bits per heavy atom. The Morgan fingerprint density at radius 1 is 0.435 bits per heavy atom. The fourth-order valence-corrected chi connectivity index (χ4v) is 16.2. The Hall–Kier alpha value is -2.07. The number of rotatable bonds is 8. The fourth-order valence-electron chi connectivity index (χ4n) is 16.2. The zero-order valence-corrected chi connectivity index (χ0v) is 41.7. The molecule has 0 aromatic rings. The van der Waals surface area contributed by atoms with Crippen molar-refractivity contribution in [1.82, 2.24) is 0 Å². The van der Waals surface area contributed by atoms with E-state index in [1.54, 1.807) is 0 Å². The summed E-state index contributed by atoms with van der Waals surface area (Å²) in [4.78, 5) is 80.4. The van der Waals surface area contributed by atoms with Crippen LogP contribution in [0.25, 0.3) is 0 Å². The third-order valence-electron chi connectivity index (χ3n) is 20.2. The Labute approximate surface area is 404 Å². The fraction of sp³-hybridized carbons (Fsp3) is 0.941. The molecule has 15 fully saturated rings. The summed E-state index contributed by atoms with van der Waals surface area (Å²) in [6.45, 7) is 18.2. The highest BCUT2D eigenvalue weighted by molar-refractivity contribution is 5.84. The van der Waals surface area contributed by atoms with E-state index in [-0.39, 0.29) is 53.3 Å². The molecule has 18 nitrogen and oxygen atoms in total. The third-order valence-corrected chi connectivity index (χ3v) is 20.2. The summed E-state index contributed by atoms with van der Waals surface area (Å²) in [5.41, 5.74) is -2.61. The van der Waals surface area contributed by atoms with E-state index in [2.05, 4.69) is 20.8 Å². The summed E-state index contributed by atoms with van der Waals surface area (Å²) in [5.74, 6) is -6.65. The zero-order chi connectivity index (χ0) is 48.2. The highest BCUT2D eigenvalue weighted by Gasteiger charge is 2.73. The highest BCUT2D eigenvalue weighted by atomic mass is 17.3. The van der Waals surface area contributed by atoms with Crippen LogP contribution in [0.2, 0.25) is 0 Å². The molecule has 69 heavy (non-hydrogen) atoms. The van der Waals surface area contributed by atoms with Crippen molar-refractivity contribution in [2.75, 3.05) is 0 Å². The number of ether oxygens (including phenoxy) is 9. The molecule has 0 unspecified atom stereocenters. The van der Waals surface area contributed by atoms with Crippen molar-refractivity contribution in [3.8, 4) is 0 Å². The molecule has 15 rings (SSSR count). The molecule has 6 bridgehead atoms. The summed E-state index contributed by atoms with van der Waals surface area (Å²) >= 11 is 0. The first-order valence-electron chi connectivity index (χ1n) is 26.5. The van der Waals surface area contributed by atoms with E-state index in [1.165, 1.54) is 0 Å². The second-order valence-corrected chi connectivity index (χ2v) is 24.3. The molecule has 3 saturated carbocycles. The lowest BCUT2D eigenvalue weighted by Gasteiger charge is -2.60. The van der Waals surface area contributed by atoms with E-state index in [9.17, 15) is 14.4 Å². The molecular weight excluding hydrogens is 901 g/mol. The van der Waals surface area contributed by atoms with E-state index < -0.39 is 109 Å². The molecule has 24 atom stereocenters. The standard InChI is InChI=1S/C51H74O18/c1-24-10-13-34-27(4)40(58-43-49(34)31(24)16-19-46(7,61-43)64-67-49)55-37(52)22-30(39(54)57-42-29(6)36-15-12-26(3)33-18-21-48(9)63-45(60-42)51(33,36)69-66-48)23-38(53)56-41-28(5)35-14-11-25(2)32-17-20-47(8)62-44(59-41)50(32,35)68-65-47/h24-36,40-45H,10-23H2,1-9H3/t24-,25-,26-,27-,28-,29-,31+,32+,33+,34+,35+,36+,40-,41-,42-,43-,44-,45-,46+,47+,48+,49-,50-,51-/m1/s1. The maximum absolute atomic E-state index is 14.8. The summed E-state index contributed by atoms with van der Waals surface area (Å²) in [6.07, 6.45) is 2.98. The molecule has 12 heterocycles. The van der Waals surface area contributed by atoms with E-state index in [4.69, 9.17) is 72.0 Å². The van der Waals surface area contributed by atoms with E-state index in [0.29, 0.717) is 37.0 Å². The normalized spacial score (nSPS) is 56.0. The second kappa shape index (κ2) is 16.7. The van der Waals surface area contributed by atoms with Gasteiger partial charge in [0.25, 0.3) is 0 Å². The van der Waals surface area contributed by atoms with Gasteiger partial charge in [-0.2, -0.15) is 0 Å². The van der Waals surface area contributed by atoms with Gasteiger partial charge in [-0.1, -0.05) is 41.5 Å². The van der Waals surface area contributed by atoms with Gasteiger partial charge in [-0.05, 0) is 114 Å². The predicted molar refractivity (Wildman–Crippen MR) is 231 cm³/mol. The van der Waals surface area contributed by atoms with Crippen LogP contribution >= 0.6 is 0 Å². The van der Waals surface area contributed by atoms with Crippen LogP contribution in [-0.2, 0) is 86.3 Å². The minimum Gasteiger partial charge on any atom is -0.435 e. The quantitative estimate of drug-likeness (QED) is 0.131. The average Bonchev–Trinajstić information content (AvgIpc) is 3.79. The lowest BCUT2D eigenvalue weighted by Crippen LogP contribution is -2.70. The van der Waals surface area contributed by atoms with Crippen molar-refractivity contribution in [3.63, 3.8) is 0 Å². The van der Waals surface area contributed by atoms with Crippen molar-refractivity contribution < 1.29 is 86.3 Å². The first-order chi connectivity index (χ1) is 32.8. The largest absolute Gasteiger partial charge is 0.435 e. The molecule has 386 valence electrons. The number of carbonyl (C=O) groups excluding carboxylic acids is 3. The van der Waals surface area contributed by atoms with Crippen LogP contribution in [0.5, 0.6) is 0 Å². The van der Waals surface area contributed by atoms with Gasteiger partial charge >= 0.3 is 17.9 Å². The molecule has 3 spiro atoms. The minimum absolute atomic E-state index is 0.103. The van der Waals surface area contributed by atoms with E-state index >= 15 is 0 Å². The SMILES string of the molecule is C[C@H]1[C@H](OC(=O)CC(CC(=O)O[C@@H]2O[C@@H]3O[C@]4(C)CC[C@H]5[C@H](C)CC[C@@H]([C@H]2C)[C@@]35OO4)C(=O)O[C@@H]2O[C@@H]3O[C@]4(C)CC[C@H]5[C@H](C)CC[C@@H]([C@H]2C)[C@@]35OO4)O[C@@H]2O[C@]3(C)CC[C@H]4[C@H](C)CC[C@@H]1[C@@]24OO3. The maximum Gasteiger partial charge on any atom is 0.312 e. The number of carbonyl (C=O) groups is 3. The molecule has 12 aliphatic heterocycles. The van der Waals surface area contributed by atoms with Gasteiger partial charge in [-0.3, -0.25) is 14.4 Å². The molecule has 0 amide bonds. The third kappa shape index (κ3) is 7.24. The van der Waals surface area contributed by atoms with Crippen molar-refractivity contribution in [2.45, 2.75) is 224 Å². The molecule has 0 aromatic heterocycles. The molecule has 15 aliphatic rings. The summed E-state index contributed by atoms with van der Waals surface area (Å²) < 4.78 is 58.0. The molecule has 0 radical (unpaired) electrons. The monoisotopic (exact) mass is 974 g/mol. The Bertz CT molecular complexity index is 1950. The number of hydrogen-bond donors (Lipinski definition) is 0. The van der Waals surface area contributed by atoms with Crippen LogP contribution in [0.3, 0.4) is 0 Å². The van der Waals surface area contributed by atoms with E-state index in [1.807, 2.05) is 41.5 Å². The minimum atomic E-state index is -1.34. The van der Waals surface area contributed by atoms with Crippen molar-refractivity contribution in [2.24, 2.45) is 76.9 Å². The molecule has 0 N–H and O–H groups in total. The first-order valence-corrected chi connectivity index (χ1v) is 26.5. The summed E-state index contributed by atoms with van der Waals surface area (Å²) in [5, 5.41) is 0. The summed E-state index contributed by atoms with van der Waals surface area (Å²) in [7, 11) is 0.